The molecule has 172 valence electrons. The van der Waals surface area contributed by atoms with Gasteiger partial charge >= 0.3 is 11.9 Å². The van der Waals surface area contributed by atoms with Crippen LogP contribution >= 0.6 is 11.3 Å². The van der Waals surface area contributed by atoms with Crippen molar-refractivity contribution in [1.82, 2.24) is 4.72 Å². The maximum Gasteiger partial charge on any atom is 0.341 e. The maximum absolute atomic E-state index is 12.3. The Balaban J connectivity index is 1.57. The Morgan fingerprint density at radius 2 is 1.84 bits per heavy atom. The molecule has 0 bridgehead atoms. The monoisotopic (exact) mass is 480 g/mol. The number of benzene rings is 1. The zero-order valence-corrected chi connectivity index (χ0v) is 19.3. The molecule has 1 aliphatic rings. The van der Waals surface area contributed by atoms with Gasteiger partial charge in [0.05, 0.1) is 17.1 Å². The number of thiophene rings is 1. The highest BCUT2D eigenvalue weighted by atomic mass is 32.2. The van der Waals surface area contributed by atoms with Crippen molar-refractivity contribution in [3.63, 3.8) is 0 Å². The third-order valence-corrected chi connectivity index (χ3v) is 7.12. The Morgan fingerprint density at radius 3 is 2.47 bits per heavy atom. The van der Waals surface area contributed by atoms with Gasteiger partial charge in [0.1, 0.15) is 11.0 Å². The summed E-state index contributed by atoms with van der Waals surface area (Å²) in [6.45, 7) is 2.60. The van der Waals surface area contributed by atoms with Gasteiger partial charge in [-0.3, -0.25) is 9.59 Å². The number of ether oxygens (including phenoxy) is 2. The predicted octanol–water partition coefficient (Wildman–Crippen LogP) is 2.65. The summed E-state index contributed by atoms with van der Waals surface area (Å²) in [6, 6.07) is 6.38. The molecule has 1 amide bonds. The van der Waals surface area contributed by atoms with Gasteiger partial charge in [-0.25, -0.2) is 13.2 Å². The second-order valence-corrected chi connectivity index (χ2v) is 9.80. The topological polar surface area (TPSA) is 128 Å². The van der Waals surface area contributed by atoms with Crippen molar-refractivity contribution in [2.24, 2.45) is 0 Å². The molecular formula is C21H24N2O7S2. The van der Waals surface area contributed by atoms with Crippen LogP contribution in [0.3, 0.4) is 0 Å². The molecule has 2 N–H and O–H groups in total. The van der Waals surface area contributed by atoms with Crippen LogP contribution < -0.4 is 10.0 Å². The number of nitrogens with one attached hydrogen (secondary N) is 2. The van der Waals surface area contributed by atoms with Crippen molar-refractivity contribution in [2.45, 2.75) is 43.5 Å². The van der Waals surface area contributed by atoms with E-state index < -0.39 is 40.5 Å². The van der Waals surface area contributed by atoms with Crippen LogP contribution in [0.15, 0.2) is 40.6 Å². The third-order valence-electron chi connectivity index (χ3n) is 4.65. The van der Waals surface area contributed by atoms with E-state index in [1.807, 2.05) is 5.38 Å². The van der Waals surface area contributed by atoms with Crippen molar-refractivity contribution >= 4 is 44.2 Å². The molecule has 0 radical (unpaired) electrons. The summed E-state index contributed by atoms with van der Waals surface area (Å²) in [5.41, 5.74) is 1.19. The number of rotatable bonds is 10. The maximum atomic E-state index is 12.3. The zero-order valence-electron chi connectivity index (χ0n) is 17.6. The lowest BCUT2D eigenvalue weighted by Crippen LogP contribution is -2.40. The SMILES string of the molecule is CCOC(=O)c1c(C2CC2)csc1NC(=O)COC(=O)[C@H](C)NS(=O)(=O)c1ccccc1. The fraction of sp³-hybridized carbons (Fsp3) is 0.381. The predicted molar refractivity (Wildman–Crippen MR) is 118 cm³/mol. The fourth-order valence-corrected chi connectivity index (χ4v) is 5.20. The van der Waals surface area contributed by atoms with Gasteiger partial charge in [0.25, 0.3) is 5.91 Å². The molecule has 32 heavy (non-hydrogen) atoms. The minimum Gasteiger partial charge on any atom is -0.462 e. The lowest BCUT2D eigenvalue weighted by Gasteiger charge is -2.14. The molecular weight excluding hydrogens is 456 g/mol. The Hall–Kier alpha value is -2.76. The lowest BCUT2D eigenvalue weighted by atomic mass is 10.1. The number of anilines is 1. The van der Waals surface area contributed by atoms with Crippen LogP contribution in [0.2, 0.25) is 0 Å². The van der Waals surface area contributed by atoms with Crippen LogP contribution in [-0.2, 0) is 29.1 Å². The number of amides is 1. The first-order chi connectivity index (χ1) is 15.2. The second kappa shape index (κ2) is 10.2. The average Bonchev–Trinajstić information content (AvgIpc) is 3.52. The molecule has 2 aromatic rings. The number of carbonyl (C=O) groups excluding carboxylic acids is 3. The molecule has 1 heterocycles. The number of esters is 2. The van der Waals surface area contributed by atoms with E-state index in [9.17, 15) is 22.8 Å². The number of hydrogen-bond donors (Lipinski definition) is 2. The van der Waals surface area contributed by atoms with Gasteiger partial charge in [0.15, 0.2) is 6.61 Å². The van der Waals surface area contributed by atoms with E-state index in [-0.39, 0.29) is 17.4 Å². The van der Waals surface area contributed by atoms with Gasteiger partial charge < -0.3 is 14.8 Å². The Bertz CT molecular complexity index is 1090. The van der Waals surface area contributed by atoms with E-state index in [1.165, 1.54) is 30.4 Å². The van der Waals surface area contributed by atoms with Crippen molar-refractivity contribution in [3.05, 3.63) is 46.8 Å². The molecule has 1 fully saturated rings. The Labute approximate surface area is 190 Å². The summed E-state index contributed by atoms with van der Waals surface area (Å²) >= 11 is 1.21. The first-order valence-electron chi connectivity index (χ1n) is 10.0. The Morgan fingerprint density at radius 1 is 1.16 bits per heavy atom. The van der Waals surface area contributed by atoms with Crippen LogP contribution in [0.25, 0.3) is 0 Å². The highest BCUT2D eigenvalue weighted by molar-refractivity contribution is 7.89. The van der Waals surface area contributed by atoms with E-state index >= 15 is 0 Å². The average molecular weight is 481 g/mol. The molecule has 0 aliphatic heterocycles. The zero-order chi connectivity index (χ0) is 23.3. The minimum atomic E-state index is -3.91. The standard InChI is InChI=1S/C21H24N2O7S2/c1-3-29-21(26)18-16(14-9-10-14)12-31-19(18)22-17(24)11-30-20(25)13(2)23-32(27,28)15-7-5-4-6-8-15/h4-8,12-14,23H,3,9-11H2,1-2H3,(H,22,24)/t13-/m0/s1. The molecule has 1 aliphatic carbocycles. The van der Waals surface area contributed by atoms with Crippen molar-refractivity contribution in [1.29, 1.82) is 0 Å². The number of carbonyl (C=O) groups is 3. The van der Waals surface area contributed by atoms with Gasteiger partial charge in [-0.05, 0) is 55.7 Å². The molecule has 0 spiro atoms. The molecule has 1 aromatic carbocycles. The van der Waals surface area contributed by atoms with E-state index in [1.54, 1.807) is 25.1 Å². The largest absolute Gasteiger partial charge is 0.462 e. The highest BCUT2D eigenvalue weighted by Gasteiger charge is 2.32. The van der Waals surface area contributed by atoms with E-state index in [0.29, 0.717) is 10.6 Å². The molecule has 0 saturated heterocycles. The van der Waals surface area contributed by atoms with Gasteiger partial charge in [0.2, 0.25) is 10.0 Å². The first-order valence-corrected chi connectivity index (χ1v) is 12.4. The molecule has 1 saturated carbocycles. The molecule has 11 heteroatoms. The van der Waals surface area contributed by atoms with Gasteiger partial charge in [-0.2, -0.15) is 4.72 Å². The summed E-state index contributed by atoms with van der Waals surface area (Å²) < 4.78 is 36.9. The summed E-state index contributed by atoms with van der Waals surface area (Å²) in [4.78, 5) is 36.8. The molecule has 9 nitrogen and oxygen atoms in total. The lowest BCUT2D eigenvalue weighted by molar-refractivity contribution is -0.148. The summed E-state index contributed by atoms with van der Waals surface area (Å²) in [7, 11) is -3.91. The highest BCUT2D eigenvalue weighted by Crippen LogP contribution is 2.46. The third kappa shape index (κ3) is 5.93. The molecule has 0 unspecified atom stereocenters. The fourth-order valence-electron chi connectivity index (χ4n) is 2.94. The van der Waals surface area contributed by atoms with Crippen LogP contribution in [0.5, 0.6) is 0 Å². The van der Waals surface area contributed by atoms with Gasteiger partial charge in [0, 0.05) is 0 Å². The molecule has 3 rings (SSSR count). The second-order valence-electron chi connectivity index (χ2n) is 7.20. The van der Waals surface area contributed by atoms with Crippen LogP contribution in [0, 0.1) is 0 Å². The van der Waals surface area contributed by atoms with E-state index in [4.69, 9.17) is 9.47 Å². The van der Waals surface area contributed by atoms with Gasteiger partial charge in [-0.1, -0.05) is 18.2 Å². The van der Waals surface area contributed by atoms with Crippen molar-refractivity contribution in [2.75, 3.05) is 18.5 Å². The number of hydrogen-bond acceptors (Lipinski definition) is 8. The van der Waals surface area contributed by atoms with Crippen molar-refractivity contribution in [3.8, 4) is 0 Å². The minimum absolute atomic E-state index is 0.00745. The van der Waals surface area contributed by atoms with Gasteiger partial charge in [-0.15, -0.1) is 11.3 Å². The molecule has 1 aromatic heterocycles. The van der Waals surface area contributed by atoms with Crippen molar-refractivity contribution < 1.29 is 32.3 Å². The van der Waals surface area contributed by atoms with Crippen LogP contribution in [0.4, 0.5) is 5.00 Å². The normalized spacial score (nSPS) is 14.4. The number of sulfonamides is 1. The summed E-state index contributed by atoms with van der Waals surface area (Å²) in [6.07, 6.45) is 1.95. The van der Waals surface area contributed by atoms with E-state index in [2.05, 4.69) is 10.0 Å². The van der Waals surface area contributed by atoms with E-state index in [0.717, 1.165) is 18.4 Å². The van der Waals surface area contributed by atoms with Crippen LogP contribution in [0.1, 0.15) is 48.5 Å². The Kier molecular flexibility index (Phi) is 7.64. The summed E-state index contributed by atoms with van der Waals surface area (Å²) in [5.74, 6) is -1.78. The smallest absolute Gasteiger partial charge is 0.341 e. The first kappa shape index (κ1) is 23.9. The quantitative estimate of drug-likeness (QED) is 0.500. The molecule has 1 atom stereocenters. The summed E-state index contributed by atoms with van der Waals surface area (Å²) in [5, 5.41) is 4.75. The van der Waals surface area contributed by atoms with Crippen LogP contribution in [-0.4, -0.2) is 45.5 Å².